The van der Waals surface area contributed by atoms with E-state index >= 15 is 0 Å². The number of anilines is 4. The van der Waals surface area contributed by atoms with Gasteiger partial charge in [0.1, 0.15) is 17.7 Å². The largest absolute Gasteiger partial charge is 0.416 e. The van der Waals surface area contributed by atoms with E-state index in [1.807, 2.05) is 0 Å². The minimum atomic E-state index is -4.47. The molecule has 0 saturated carbocycles. The van der Waals surface area contributed by atoms with Gasteiger partial charge in [-0.2, -0.15) is 13.2 Å². The van der Waals surface area contributed by atoms with Gasteiger partial charge in [-0.25, -0.2) is 9.97 Å². The monoisotopic (exact) mass is 389 g/mol. The molecule has 144 valence electrons. The number of halogens is 3. The van der Waals surface area contributed by atoms with Crippen molar-refractivity contribution in [1.29, 1.82) is 0 Å². The first-order valence-corrected chi connectivity index (χ1v) is 7.87. The summed E-state index contributed by atoms with van der Waals surface area (Å²) in [6.45, 7) is 0. The Labute approximate surface area is 157 Å². The number of aromatic nitrogens is 3. The molecule has 0 radical (unpaired) electrons. The lowest BCUT2D eigenvalue weighted by atomic mass is 10.2. The number of carbonyl (C=O) groups is 1. The van der Waals surface area contributed by atoms with Gasteiger partial charge in [0, 0.05) is 11.9 Å². The van der Waals surface area contributed by atoms with E-state index < -0.39 is 17.6 Å². The Morgan fingerprint density at radius 1 is 1.00 bits per heavy atom. The maximum Gasteiger partial charge on any atom is 0.416 e. The molecule has 5 N–H and O–H groups in total. The van der Waals surface area contributed by atoms with Crippen LogP contribution >= 0.6 is 0 Å². The number of nitrogen functional groups attached to an aromatic ring is 1. The Morgan fingerprint density at radius 3 is 2.50 bits per heavy atom. The van der Waals surface area contributed by atoms with E-state index in [0.717, 1.165) is 18.5 Å². The average Bonchev–Trinajstić information content (AvgIpc) is 2.69. The molecule has 1 aromatic carbocycles. The van der Waals surface area contributed by atoms with Crippen molar-refractivity contribution < 1.29 is 18.0 Å². The van der Waals surface area contributed by atoms with E-state index in [2.05, 4.69) is 31.1 Å². The number of hydrogen-bond acceptors (Lipinski definition) is 7. The predicted octanol–water partition coefficient (Wildman–Crippen LogP) is 2.97. The minimum Gasteiger partial charge on any atom is -0.393 e. The maximum absolute atomic E-state index is 12.8. The Hall–Kier alpha value is -3.89. The van der Waals surface area contributed by atoms with E-state index in [9.17, 15) is 18.0 Å². The Kier molecular flexibility index (Phi) is 5.25. The van der Waals surface area contributed by atoms with E-state index in [-0.39, 0.29) is 28.7 Å². The fourth-order valence-corrected chi connectivity index (χ4v) is 2.18. The van der Waals surface area contributed by atoms with Crippen LogP contribution < -0.4 is 21.9 Å². The van der Waals surface area contributed by atoms with Crippen LogP contribution in [0.4, 0.5) is 36.2 Å². The number of alkyl halides is 3. The average molecular weight is 389 g/mol. The molecular formula is C17H14F3N7O. The molecule has 0 aliphatic rings. The SMILES string of the molecule is Nc1c(NNC(=O)c2ccccn2)ncnc1Nc1cccc(C(F)(F)F)c1. The Morgan fingerprint density at radius 2 is 1.79 bits per heavy atom. The first-order valence-electron chi connectivity index (χ1n) is 7.87. The molecule has 8 nitrogen and oxygen atoms in total. The molecule has 0 bridgehead atoms. The quantitative estimate of drug-likeness (QED) is 0.496. The van der Waals surface area contributed by atoms with Crippen molar-refractivity contribution in [2.75, 3.05) is 16.5 Å². The van der Waals surface area contributed by atoms with Crippen molar-refractivity contribution in [1.82, 2.24) is 20.4 Å². The summed E-state index contributed by atoms with van der Waals surface area (Å²) in [4.78, 5) is 23.7. The van der Waals surface area contributed by atoms with Crippen LogP contribution in [0.25, 0.3) is 0 Å². The van der Waals surface area contributed by atoms with Gasteiger partial charge < -0.3 is 11.1 Å². The Bertz CT molecular complexity index is 980. The number of nitrogens with two attached hydrogens (primary N) is 1. The van der Waals surface area contributed by atoms with Gasteiger partial charge in [-0.05, 0) is 30.3 Å². The predicted molar refractivity (Wildman–Crippen MR) is 96.5 cm³/mol. The van der Waals surface area contributed by atoms with Crippen molar-refractivity contribution >= 4 is 28.9 Å². The fourth-order valence-electron chi connectivity index (χ4n) is 2.18. The molecule has 2 aromatic heterocycles. The lowest BCUT2D eigenvalue weighted by Crippen LogP contribution is -2.31. The summed E-state index contributed by atoms with van der Waals surface area (Å²) < 4.78 is 38.5. The van der Waals surface area contributed by atoms with Gasteiger partial charge in [-0.3, -0.25) is 20.6 Å². The highest BCUT2D eigenvalue weighted by Crippen LogP contribution is 2.32. The molecule has 3 rings (SSSR count). The second-order valence-electron chi connectivity index (χ2n) is 5.48. The molecule has 0 unspecified atom stereocenters. The lowest BCUT2D eigenvalue weighted by Gasteiger charge is -2.14. The first-order chi connectivity index (χ1) is 13.3. The molecule has 11 heteroatoms. The summed E-state index contributed by atoms with van der Waals surface area (Å²) in [7, 11) is 0. The number of nitrogens with one attached hydrogen (secondary N) is 3. The van der Waals surface area contributed by atoms with E-state index in [0.29, 0.717) is 0 Å². The van der Waals surface area contributed by atoms with Gasteiger partial charge >= 0.3 is 6.18 Å². The fraction of sp³-hybridized carbons (Fsp3) is 0.0588. The van der Waals surface area contributed by atoms with Crippen LogP contribution in [0.15, 0.2) is 55.0 Å². The van der Waals surface area contributed by atoms with Crippen LogP contribution in [0.5, 0.6) is 0 Å². The van der Waals surface area contributed by atoms with Gasteiger partial charge in [0.25, 0.3) is 5.91 Å². The third-order valence-corrected chi connectivity index (χ3v) is 3.53. The topological polar surface area (TPSA) is 118 Å². The zero-order valence-corrected chi connectivity index (χ0v) is 14.2. The standard InChI is InChI=1S/C17H14F3N7O/c18-17(19,20)10-4-3-5-11(8-10)25-14-13(21)15(24-9-23-14)26-27-16(28)12-6-1-2-7-22-12/h1-9H,21H2,(H,27,28)(H2,23,24,25,26). The summed E-state index contributed by atoms with van der Waals surface area (Å²) in [6.07, 6.45) is -1.87. The molecule has 0 saturated heterocycles. The maximum atomic E-state index is 12.8. The summed E-state index contributed by atoms with van der Waals surface area (Å²) >= 11 is 0. The summed E-state index contributed by atoms with van der Waals surface area (Å²) in [5.74, 6) is -0.385. The molecule has 0 fully saturated rings. The van der Waals surface area contributed by atoms with Gasteiger partial charge in [0.15, 0.2) is 11.6 Å². The smallest absolute Gasteiger partial charge is 0.393 e. The Balaban J connectivity index is 1.74. The highest BCUT2D eigenvalue weighted by atomic mass is 19.4. The zero-order chi connectivity index (χ0) is 20.1. The number of rotatable bonds is 5. The number of nitrogens with zero attached hydrogens (tertiary/aromatic N) is 3. The third-order valence-electron chi connectivity index (χ3n) is 3.53. The number of benzene rings is 1. The number of hydrazine groups is 1. The number of amides is 1. The van der Waals surface area contributed by atoms with Crippen LogP contribution in [0, 0.1) is 0 Å². The van der Waals surface area contributed by atoms with Crippen molar-refractivity contribution in [3.8, 4) is 0 Å². The molecule has 2 heterocycles. The molecule has 1 amide bonds. The summed E-state index contributed by atoms with van der Waals surface area (Å²) in [5.41, 5.74) is 10.4. The van der Waals surface area contributed by atoms with Gasteiger partial charge in [0.2, 0.25) is 0 Å². The second kappa shape index (κ2) is 7.78. The lowest BCUT2D eigenvalue weighted by molar-refractivity contribution is -0.137. The highest BCUT2D eigenvalue weighted by molar-refractivity contribution is 5.93. The highest BCUT2D eigenvalue weighted by Gasteiger charge is 2.30. The van der Waals surface area contributed by atoms with Crippen LogP contribution in [-0.2, 0) is 6.18 Å². The van der Waals surface area contributed by atoms with Gasteiger partial charge in [0.05, 0.1) is 5.56 Å². The van der Waals surface area contributed by atoms with Crippen molar-refractivity contribution in [2.45, 2.75) is 6.18 Å². The third kappa shape index (κ3) is 4.44. The van der Waals surface area contributed by atoms with E-state index in [1.165, 1.54) is 24.4 Å². The summed E-state index contributed by atoms with van der Waals surface area (Å²) in [6, 6.07) is 9.41. The minimum absolute atomic E-state index is 0.00114. The van der Waals surface area contributed by atoms with Crippen LogP contribution in [0.2, 0.25) is 0 Å². The number of hydrogen-bond donors (Lipinski definition) is 4. The zero-order valence-electron chi connectivity index (χ0n) is 14.2. The molecule has 0 atom stereocenters. The van der Waals surface area contributed by atoms with Crippen LogP contribution in [-0.4, -0.2) is 20.9 Å². The van der Waals surface area contributed by atoms with Crippen LogP contribution in [0.1, 0.15) is 16.1 Å². The first kappa shape index (κ1) is 18.9. The van der Waals surface area contributed by atoms with Gasteiger partial charge in [-0.1, -0.05) is 12.1 Å². The molecule has 0 aliphatic heterocycles. The summed E-state index contributed by atoms with van der Waals surface area (Å²) in [5, 5.41) is 2.70. The van der Waals surface area contributed by atoms with Crippen LogP contribution in [0.3, 0.4) is 0 Å². The molecule has 28 heavy (non-hydrogen) atoms. The van der Waals surface area contributed by atoms with Crippen molar-refractivity contribution in [2.24, 2.45) is 0 Å². The number of pyridine rings is 1. The molecule has 0 spiro atoms. The normalized spacial score (nSPS) is 11.0. The number of carbonyl (C=O) groups excluding carboxylic acids is 1. The van der Waals surface area contributed by atoms with Crippen molar-refractivity contribution in [3.63, 3.8) is 0 Å². The van der Waals surface area contributed by atoms with E-state index in [1.54, 1.807) is 12.1 Å². The van der Waals surface area contributed by atoms with Gasteiger partial charge in [-0.15, -0.1) is 0 Å². The van der Waals surface area contributed by atoms with E-state index in [4.69, 9.17) is 5.73 Å². The molecular weight excluding hydrogens is 375 g/mol. The molecule has 3 aromatic rings. The molecule has 0 aliphatic carbocycles. The van der Waals surface area contributed by atoms with Crippen molar-refractivity contribution in [3.05, 3.63) is 66.2 Å². The second-order valence-corrected chi connectivity index (χ2v) is 5.48.